The molecule has 0 spiro atoms. The first-order valence-electron chi connectivity index (χ1n) is 6.77. The molecule has 5 atom stereocenters. The van der Waals surface area contributed by atoms with Gasteiger partial charge in [-0.2, -0.15) is 0 Å². The van der Waals surface area contributed by atoms with Crippen LogP contribution in [-0.2, 0) is 0 Å². The third-order valence-electron chi connectivity index (χ3n) is 4.90. The standard InChI is InChI=1S/C13H23NO/c15-13-4-2-1-3-11(13)14-12-8-9-5-6-10(12)7-9/h9-15H,1-8H2/t9-,10-,11+,12-,13-/m1/s1. The van der Waals surface area contributed by atoms with E-state index in [0.29, 0.717) is 6.04 Å². The molecule has 3 aliphatic rings. The van der Waals surface area contributed by atoms with Crippen LogP contribution in [0.25, 0.3) is 0 Å². The van der Waals surface area contributed by atoms with Crippen molar-refractivity contribution in [1.82, 2.24) is 5.32 Å². The summed E-state index contributed by atoms with van der Waals surface area (Å²) in [5, 5.41) is 13.7. The maximum atomic E-state index is 9.94. The predicted molar refractivity (Wildman–Crippen MR) is 60.6 cm³/mol. The number of hydrogen-bond donors (Lipinski definition) is 2. The van der Waals surface area contributed by atoms with Crippen LogP contribution in [0.5, 0.6) is 0 Å². The van der Waals surface area contributed by atoms with Gasteiger partial charge in [-0.3, -0.25) is 0 Å². The Labute approximate surface area is 92.4 Å². The quantitative estimate of drug-likeness (QED) is 0.729. The number of aliphatic hydroxyl groups excluding tert-OH is 1. The minimum absolute atomic E-state index is 0.0714. The second kappa shape index (κ2) is 4.06. The average Bonchev–Trinajstić information content (AvgIpc) is 2.83. The van der Waals surface area contributed by atoms with Crippen LogP contribution in [0.15, 0.2) is 0 Å². The Morgan fingerprint density at radius 1 is 0.867 bits per heavy atom. The van der Waals surface area contributed by atoms with E-state index >= 15 is 0 Å². The molecular weight excluding hydrogens is 186 g/mol. The lowest BCUT2D eigenvalue weighted by atomic mass is 9.89. The Hall–Kier alpha value is -0.0800. The van der Waals surface area contributed by atoms with Crippen molar-refractivity contribution < 1.29 is 5.11 Å². The van der Waals surface area contributed by atoms with E-state index < -0.39 is 0 Å². The molecule has 2 heteroatoms. The van der Waals surface area contributed by atoms with Gasteiger partial charge >= 0.3 is 0 Å². The summed E-state index contributed by atoms with van der Waals surface area (Å²) >= 11 is 0. The zero-order chi connectivity index (χ0) is 10.3. The molecule has 0 heterocycles. The summed E-state index contributed by atoms with van der Waals surface area (Å²) < 4.78 is 0. The Morgan fingerprint density at radius 3 is 2.40 bits per heavy atom. The smallest absolute Gasteiger partial charge is 0.0693 e. The fourth-order valence-corrected chi connectivity index (χ4v) is 4.03. The number of nitrogens with one attached hydrogen (secondary N) is 1. The molecule has 2 N–H and O–H groups in total. The maximum absolute atomic E-state index is 9.94. The first-order chi connectivity index (χ1) is 7.33. The Kier molecular flexibility index (Phi) is 2.73. The molecule has 3 saturated carbocycles. The highest BCUT2D eigenvalue weighted by Crippen LogP contribution is 2.44. The molecule has 3 fully saturated rings. The van der Waals surface area contributed by atoms with Gasteiger partial charge in [0.25, 0.3) is 0 Å². The molecular formula is C13H23NO. The van der Waals surface area contributed by atoms with E-state index in [2.05, 4.69) is 5.32 Å². The van der Waals surface area contributed by atoms with Gasteiger partial charge in [-0.1, -0.05) is 19.3 Å². The van der Waals surface area contributed by atoms with Crippen LogP contribution >= 0.6 is 0 Å². The first-order valence-corrected chi connectivity index (χ1v) is 6.77. The molecule has 0 aliphatic heterocycles. The lowest BCUT2D eigenvalue weighted by molar-refractivity contribution is 0.0799. The average molecular weight is 209 g/mol. The van der Waals surface area contributed by atoms with Crippen molar-refractivity contribution in [3.05, 3.63) is 0 Å². The van der Waals surface area contributed by atoms with Gasteiger partial charge in [0.1, 0.15) is 0 Å². The second-order valence-corrected chi connectivity index (χ2v) is 5.91. The van der Waals surface area contributed by atoms with E-state index in [1.807, 2.05) is 0 Å². The number of hydrogen-bond acceptors (Lipinski definition) is 2. The van der Waals surface area contributed by atoms with E-state index in [1.165, 1.54) is 44.9 Å². The summed E-state index contributed by atoms with van der Waals surface area (Å²) in [5.74, 6) is 1.94. The van der Waals surface area contributed by atoms with Crippen molar-refractivity contribution in [3.8, 4) is 0 Å². The largest absolute Gasteiger partial charge is 0.392 e. The summed E-state index contributed by atoms with van der Waals surface area (Å²) in [6.07, 6.45) is 10.4. The summed E-state index contributed by atoms with van der Waals surface area (Å²) in [6, 6.07) is 1.14. The Balaban J connectivity index is 1.56. The Morgan fingerprint density at radius 2 is 1.73 bits per heavy atom. The highest BCUT2D eigenvalue weighted by molar-refractivity contribution is 4.96. The molecule has 0 unspecified atom stereocenters. The zero-order valence-corrected chi connectivity index (χ0v) is 9.49. The molecule has 2 nitrogen and oxygen atoms in total. The molecule has 86 valence electrons. The van der Waals surface area contributed by atoms with E-state index in [1.54, 1.807) is 0 Å². The normalized spacial score (nSPS) is 49.8. The van der Waals surface area contributed by atoms with Gasteiger partial charge in [-0.25, -0.2) is 0 Å². The highest BCUT2D eigenvalue weighted by atomic mass is 16.3. The van der Waals surface area contributed by atoms with E-state index in [4.69, 9.17) is 0 Å². The monoisotopic (exact) mass is 209 g/mol. The topological polar surface area (TPSA) is 32.3 Å². The van der Waals surface area contributed by atoms with Crippen LogP contribution in [0.1, 0.15) is 51.4 Å². The first kappa shape index (κ1) is 10.1. The minimum atomic E-state index is -0.0714. The molecule has 3 rings (SSSR count). The van der Waals surface area contributed by atoms with Crippen LogP contribution in [0.4, 0.5) is 0 Å². The van der Waals surface area contributed by atoms with Crippen LogP contribution in [0.3, 0.4) is 0 Å². The second-order valence-electron chi connectivity index (χ2n) is 5.91. The number of fused-ring (bicyclic) bond motifs is 2. The molecule has 0 saturated heterocycles. The van der Waals surface area contributed by atoms with E-state index in [-0.39, 0.29) is 6.10 Å². The third-order valence-corrected chi connectivity index (χ3v) is 4.90. The van der Waals surface area contributed by atoms with E-state index in [9.17, 15) is 5.11 Å². The van der Waals surface area contributed by atoms with Gasteiger partial charge < -0.3 is 10.4 Å². The van der Waals surface area contributed by atoms with Crippen molar-refractivity contribution in [3.63, 3.8) is 0 Å². The third kappa shape index (κ3) is 1.94. The fourth-order valence-electron chi connectivity index (χ4n) is 4.03. The molecule has 0 amide bonds. The zero-order valence-electron chi connectivity index (χ0n) is 9.49. The van der Waals surface area contributed by atoms with Crippen LogP contribution in [0, 0.1) is 11.8 Å². The summed E-state index contributed by atoms with van der Waals surface area (Å²) in [6.45, 7) is 0. The van der Waals surface area contributed by atoms with Crippen molar-refractivity contribution in [2.45, 2.75) is 69.6 Å². The van der Waals surface area contributed by atoms with Gasteiger partial charge in [-0.05, 0) is 43.9 Å². The molecule has 0 aromatic heterocycles. The van der Waals surface area contributed by atoms with Crippen LogP contribution in [0.2, 0.25) is 0 Å². The highest BCUT2D eigenvalue weighted by Gasteiger charge is 2.40. The molecule has 15 heavy (non-hydrogen) atoms. The van der Waals surface area contributed by atoms with Crippen LogP contribution < -0.4 is 5.32 Å². The van der Waals surface area contributed by atoms with Gasteiger partial charge in [0.05, 0.1) is 6.10 Å². The summed E-state index contributed by atoms with van der Waals surface area (Å²) in [5.41, 5.74) is 0. The lowest BCUT2D eigenvalue weighted by Crippen LogP contribution is -2.48. The molecule has 0 radical (unpaired) electrons. The van der Waals surface area contributed by atoms with Crippen molar-refractivity contribution in [1.29, 1.82) is 0 Å². The van der Waals surface area contributed by atoms with Gasteiger partial charge in [0, 0.05) is 12.1 Å². The summed E-state index contributed by atoms with van der Waals surface area (Å²) in [7, 11) is 0. The fraction of sp³-hybridized carbons (Fsp3) is 1.00. The molecule has 3 aliphatic carbocycles. The predicted octanol–water partition coefficient (Wildman–Crippen LogP) is 2.07. The molecule has 2 bridgehead atoms. The SMILES string of the molecule is O[C@@H]1CCCC[C@@H]1N[C@@H]1C[C@@H]2CC[C@@H]1C2. The summed E-state index contributed by atoms with van der Waals surface area (Å²) in [4.78, 5) is 0. The van der Waals surface area contributed by atoms with Gasteiger partial charge in [-0.15, -0.1) is 0 Å². The van der Waals surface area contributed by atoms with E-state index in [0.717, 1.165) is 24.3 Å². The minimum Gasteiger partial charge on any atom is -0.392 e. The van der Waals surface area contributed by atoms with Crippen molar-refractivity contribution >= 4 is 0 Å². The number of aliphatic hydroxyl groups is 1. The lowest BCUT2D eigenvalue weighted by Gasteiger charge is -2.34. The number of rotatable bonds is 2. The maximum Gasteiger partial charge on any atom is 0.0693 e. The van der Waals surface area contributed by atoms with Gasteiger partial charge in [0.15, 0.2) is 0 Å². The molecule has 0 aromatic carbocycles. The van der Waals surface area contributed by atoms with Gasteiger partial charge in [0.2, 0.25) is 0 Å². The Bertz CT molecular complexity index is 231. The van der Waals surface area contributed by atoms with Crippen molar-refractivity contribution in [2.24, 2.45) is 11.8 Å². The van der Waals surface area contributed by atoms with Crippen LogP contribution in [-0.4, -0.2) is 23.3 Å². The van der Waals surface area contributed by atoms with Crippen molar-refractivity contribution in [2.75, 3.05) is 0 Å². The molecule has 0 aromatic rings.